The number of hydrogen-bond acceptors (Lipinski definition) is 2. The number of amides is 1. The van der Waals surface area contributed by atoms with E-state index in [1.165, 1.54) is 12.8 Å². The Hall–Kier alpha value is -1.79. The fourth-order valence-corrected chi connectivity index (χ4v) is 2.85. The monoisotopic (exact) mass is 285 g/mol. The lowest BCUT2D eigenvalue weighted by Crippen LogP contribution is -2.22. The molecule has 0 heterocycles. The number of aliphatic hydroxyl groups is 1. The van der Waals surface area contributed by atoms with Gasteiger partial charge < -0.3 is 10.4 Å². The van der Waals surface area contributed by atoms with Gasteiger partial charge >= 0.3 is 0 Å². The predicted molar refractivity (Wildman–Crippen MR) is 85.0 cm³/mol. The number of aryl methyl sites for hydroxylation is 1. The summed E-state index contributed by atoms with van der Waals surface area (Å²) in [5.41, 5.74) is 2.67. The Balaban J connectivity index is 2.07. The number of benzene rings is 1. The second kappa shape index (κ2) is 7.85. The van der Waals surface area contributed by atoms with E-state index in [0.717, 1.165) is 42.5 Å². The van der Waals surface area contributed by atoms with E-state index in [1.807, 2.05) is 25.1 Å². The molecule has 1 aliphatic rings. The van der Waals surface area contributed by atoms with Gasteiger partial charge in [-0.2, -0.15) is 0 Å². The number of carbonyl (C=O) groups is 1. The molecule has 1 amide bonds. The van der Waals surface area contributed by atoms with Crippen LogP contribution in [0.5, 0.6) is 0 Å². The van der Waals surface area contributed by atoms with E-state index in [1.54, 1.807) is 0 Å². The van der Waals surface area contributed by atoms with Gasteiger partial charge in [0.15, 0.2) is 0 Å². The summed E-state index contributed by atoms with van der Waals surface area (Å²) in [5, 5.41) is 11.8. The van der Waals surface area contributed by atoms with Crippen molar-refractivity contribution < 1.29 is 9.90 Å². The Morgan fingerprint density at radius 2 is 1.95 bits per heavy atom. The molecule has 1 aromatic carbocycles. The van der Waals surface area contributed by atoms with E-state index >= 15 is 0 Å². The average molecular weight is 285 g/mol. The molecule has 3 heteroatoms. The molecule has 0 atom stereocenters. The lowest BCUT2D eigenvalue weighted by molar-refractivity contribution is -0.120. The van der Waals surface area contributed by atoms with Crippen LogP contribution in [0.1, 0.15) is 49.7 Å². The summed E-state index contributed by atoms with van der Waals surface area (Å²) >= 11 is 0. The summed E-state index contributed by atoms with van der Waals surface area (Å²) < 4.78 is 0. The quantitative estimate of drug-likeness (QED) is 0.647. The first-order valence-electron chi connectivity index (χ1n) is 7.71. The second-order valence-corrected chi connectivity index (χ2v) is 5.73. The number of rotatable bonds is 2. The van der Waals surface area contributed by atoms with Gasteiger partial charge in [0.1, 0.15) is 6.61 Å². The lowest BCUT2D eigenvalue weighted by Gasteiger charge is -2.14. The van der Waals surface area contributed by atoms with Crippen molar-refractivity contribution in [2.75, 3.05) is 11.9 Å². The van der Waals surface area contributed by atoms with Gasteiger partial charge in [-0.05, 0) is 43.5 Å². The van der Waals surface area contributed by atoms with E-state index in [9.17, 15) is 4.79 Å². The molecule has 0 aliphatic heterocycles. The van der Waals surface area contributed by atoms with Crippen LogP contribution in [0.3, 0.4) is 0 Å². The predicted octanol–water partition coefficient (Wildman–Crippen LogP) is 3.25. The maximum absolute atomic E-state index is 12.4. The van der Waals surface area contributed by atoms with Crippen LogP contribution in [0.15, 0.2) is 18.2 Å². The third-order valence-corrected chi connectivity index (χ3v) is 3.88. The Kier molecular flexibility index (Phi) is 5.83. The van der Waals surface area contributed by atoms with E-state index in [0.29, 0.717) is 0 Å². The van der Waals surface area contributed by atoms with Gasteiger partial charge in [-0.3, -0.25) is 4.79 Å². The van der Waals surface area contributed by atoms with Crippen molar-refractivity contribution in [3.63, 3.8) is 0 Å². The van der Waals surface area contributed by atoms with Crippen LogP contribution in [-0.2, 0) is 4.79 Å². The molecular weight excluding hydrogens is 262 g/mol. The highest BCUT2D eigenvalue weighted by molar-refractivity contribution is 5.92. The molecule has 112 valence electrons. The highest BCUT2D eigenvalue weighted by atomic mass is 16.2. The van der Waals surface area contributed by atoms with Crippen molar-refractivity contribution in [2.24, 2.45) is 5.92 Å². The van der Waals surface area contributed by atoms with Gasteiger partial charge in [-0.1, -0.05) is 37.5 Å². The number of carbonyl (C=O) groups excluding carboxylic acids is 1. The minimum Gasteiger partial charge on any atom is -0.384 e. The number of hydrogen-bond donors (Lipinski definition) is 2. The SMILES string of the molecule is Cc1cc(C#CCO)cc(NC(=O)C2CCCCCC2)c1. The standard InChI is InChI=1S/C18H23NO2/c1-14-11-15(7-6-10-20)13-17(12-14)19-18(21)16-8-4-2-3-5-9-16/h11-13,16,20H,2-5,8-10H2,1H3,(H,19,21). The topological polar surface area (TPSA) is 49.3 Å². The molecule has 1 aromatic rings. The molecule has 1 fully saturated rings. The van der Waals surface area contributed by atoms with Crippen molar-refractivity contribution >= 4 is 11.6 Å². The summed E-state index contributed by atoms with van der Waals surface area (Å²) in [5.74, 6) is 5.79. The van der Waals surface area contributed by atoms with Gasteiger partial charge in [0.05, 0.1) is 0 Å². The molecule has 1 aliphatic carbocycles. The van der Waals surface area contributed by atoms with Gasteiger partial charge in [0.2, 0.25) is 5.91 Å². The van der Waals surface area contributed by atoms with Crippen molar-refractivity contribution in [1.29, 1.82) is 0 Å². The van der Waals surface area contributed by atoms with Crippen LogP contribution >= 0.6 is 0 Å². The van der Waals surface area contributed by atoms with Crippen LogP contribution in [-0.4, -0.2) is 17.6 Å². The minimum atomic E-state index is -0.155. The second-order valence-electron chi connectivity index (χ2n) is 5.73. The van der Waals surface area contributed by atoms with E-state index in [4.69, 9.17) is 5.11 Å². The summed E-state index contributed by atoms with van der Waals surface area (Å²) in [6.07, 6.45) is 6.78. The highest BCUT2D eigenvalue weighted by Crippen LogP contribution is 2.24. The van der Waals surface area contributed by atoms with E-state index in [2.05, 4.69) is 17.2 Å². The summed E-state index contributed by atoms with van der Waals surface area (Å²) in [7, 11) is 0. The molecule has 0 aromatic heterocycles. The molecule has 0 bridgehead atoms. The van der Waals surface area contributed by atoms with Gasteiger partial charge in [0.25, 0.3) is 0 Å². The fraction of sp³-hybridized carbons (Fsp3) is 0.500. The zero-order valence-electron chi connectivity index (χ0n) is 12.6. The maximum Gasteiger partial charge on any atom is 0.227 e. The van der Waals surface area contributed by atoms with Crippen LogP contribution in [0.25, 0.3) is 0 Å². The molecule has 3 nitrogen and oxygen atoms in total. The van der Waals surface area contributed by atoms with Crippen LogP contribution in [0.4, 0.5) is 5.69 Å². The van der Waals surface area contributed by atoms with Crippen LogP contribution < -0.4 is 5.32 Å². The van der Waals surface area contributed by atoms with Crippen molar-refractivity contribution in [1.82, 2.24) is 0 Å². The van der Waals surface area contributed by atoms with E-state index in [-0.39, 0.29) is 18.4 Å². The largest absolute Gasteiger partial charge is 0.384 e. The first-order valence-corrected chi connectivity index (χ1v) is 7.71. The molecule has 2 N–H and O–H groups in total. The summed E-state index contributed by atoms with van der Waals surface area (Å²) in [6, 6.07) is 5.77. The minimum absolute atomic E-state index is 0.128. The first kappa shape index (κ1) is 15.6. The Morgan fingerprint density at radius 3 is 2.62 bits per heavy atom. The highest BCUT2D eigenvalue weighted by Gasteiger charge is 2.20. The fourth-order valence-electron chi connectivity index (χ4n) is 2.85. The molecular formula is C18H23NO2. The van der Waals surface area contributed by atoms with Crippen LogP contribution in [0.2, 0.25) is 0 Å². The van der Waals surface area contributed by atoms with Crippen molar-refractivity contribution in [2.45, 2.75) is 45.4 Å². The zero-order chi connectivity index (χ0) is 15.1. The molecule has 0 radical (unpaired) electrons. The molecule has 2 rings (SSSR count). The van der Waals surface area contributed by atoms with Crippen LogP contribution in [0, 0.1) is 24.7 Å². The summed E-state index contributed by atoms with van der Waals surface area (Å²) in [6.45, 7) is 1.82. The van der Waals surface area contributed by atoms with Gasteiger partial charge in [-0.15, -0.1) is 0 Å². The first-order chi connectivity index (χ1) is 10.2. The van der Waals surface area contributed by atoms with Crippen molar-refractivity contribution in [3.8, 4) is 11.8 Å². The normalized spacial score (nSPS) is 15.7. The molecule has 21 heavy (non-hydrogen) atoms. The number of anilines is 1. The third-order valence-electron chi connectivity index (χ3n) is 3.88. The summed E-state index contributed by atoms with van der Waals surface area (Å²) in [4.78, 5) is 12.4. The third kappa shape index (κ3) is 4.91. The Morgan fingerprint density at radius 1 is 1.24 bits per heavy atom. The Labute approximate surface area is 126 Å². The smallest absolute Gasteiger partial charge is 0.227 e. The van der Waals surface area contributed by atoms with E-state index < -0.39 is 0 Å². The Bertz CT molecular complexity index is 546. The molecule has 1 saturated carbocycles. The van der Waals surface area contributed by atoms with Gasteiger partial charge in [-0.25, -0.2) is 0 Å². The molecule has 0 spiro atoms. The average Bonchev–Trinajstić information content (AvgIpc) is 2.73. The number of aliphatic hydroxyl groups excluding tert-OH is 1. The van der Waals surface area contributed by atoms with Crippen molar-refractivity contribution in [3.05, 3.63) is 29.3 Å². The molecule has 0 saturated heterocycles. The zero-order valence-corrected chi connectivity index (χ0v) is 12.6. The van der Waals surface area contributed by atoms with Gasteiger partial charge in [0, 0.05) is 17.2 Å². The molecule has 0 unspecified atom stereocenters. The maximum atomic E-state index is 12.4. The lowest BCUT2D eigenvalue weighted by atomic mass is 9.99. The number of nitrogens with one attached hydrogen (secondary N) is 1.